The van der Waals surface area contributed by atoms with Crippen molar-refractivity contribution in [1.82, 2.24) is 10.2 Å². The SMILES string of the molecule is COCCN(Cc1ccccc1F)C(=O)c1ccc([C@H]2CCCNC2)cc1. The first-order chi connectivity index (χ1) is 13.2. The monoisotopic (exact) mass is 370 g/mol. The van der Waals surface area contributed by atoms with Gasteiger partial charge in [-0.15, -0.1) is 0 Å². The standard InChI is InChI=1S/C22H27FN2O2/c1-27-14-13-25(16-20-5-2-3-7-21(20)23)22(26)18-10-8-17(9-11-18)19-6-4-12-24-15-19/h2-3,5,7-11,19,24H,4,6,12-16H2,1H3/t19-/m0/s1. The maximum absolute atomic E-state index is 14.0. The fourth-order valence-corrected chi connectivity index (χ4v) is 3.50. The van der Waals surface area contributed by atoms with Gasteiger partial charge < -0.3 is 15.0 Å². The number of hydrogen-bond donors (Lipinski definition) is 1. The zero-order chi connectivity index (χ0) is 19.1. The second kappa shape index (κ2) is 9.62. The normalized spacial score (nSPS) is 16.9. The largest absolute Gasteiger partial charge is 0.383 e. The number of nitrogens with zero attached hydrogens (tertiary/aromatic N) is 1. The Morgan fingerprint density at radius 1 is 1.22 bits per heavy atom. The van der Waals surface area contributed by atoms with Crippen LogP contribution in [0.15, 0.2) is 48.5 Å². The summed E-state index contributed by atoms with van der Waals surface area (Å²) in [6.07, 6.45) is 2.35. The molecule has 1 aliphatic rings. The van der Waals surface area contributed by atoms with Crippen molar-refractivity contribution < 1.29 is 13.9 Å². The van der Waals surface area contributed by atoms with Crippen molar-refractivity contribution in [2.24, 2.45) is 0 Å². The molecule has 27 heavy (non-hydrogen) atoms. The van der Waals surface area contributed by atoms with Gasteiger partial charge in [-0.3, -0.25) is 4.79 Å². The van der Waals surface area contributed by atoms with E-state index in [1.54, 1.807) is 30.2 Å². The number of piperidine rings is 1. The summed E-state index contributed by atoms with van der Waals surface area (Å²) in [6, 6.07) is 14.4. The van der Waals surface area contributed by atoms with Gasteiger partial charge in [-0.05, 0) is 49.1 Å². The molecule has 0 unspecified atom stereocenters. The van der Waals surface area contributed by atoms with E-state index in [-0.39, 0.29) is 18.3 Å². The number of amides is 1. The highest BCUT2D eigenvalue weighted by Gasteiger charge is 2.19. The van der Waals surface area contributed by atoms with Crippen LogP contribution in [0.5, 0.6) is 0 Å². The second-order valence-electron chi connectivity index (χ2n) is 6.98. The van der Waals surface area contributed by atoms with E-state index in [4.69, 9.17) is 4.74 Å². The van der Waals surface area contributed by atoms with Gasteiger partial charge in [0.05, 0.1) is 6.61 Å². The predicted molar refractivity (Wildman–Crippen MR) is 104 cm³/mol. The zero-order valence-corrected chi connectivity index (χ0v) is 15.8. The molecule has 1 N–H and O–H groups in total. The summed E-state index contributed by atoms with van der Waals surface area (Å²) in [5, 5.41) is 3.42. The molecule has 0 saturated carbocycles. The third-order valence-corrected chi connectivity index (χ3v) is 5.10. The molecule has 1 fully saturated rings. The van der Waals surface area contributed by atoms with Crippen LogP contribution in [0.4, 0.5) is 4.39 Å². The average Bonchev–Trinajstić information content (AvgIpc) is 2.72. The minimum Gasteiger partial charge on any atom is -0.383 e. The van der Waals surface area contributed by atoms with E-state index >= 15 is 0 Å². The van der Waals surface area contributed by atoms with Crippen molar-refractivity contribution in [2.75, 3.05) is 33.4 Å². The van der Waals surface area contributed by atoms with Crippen molar-refractivity contribution >= 4 is 5.91 Å². The molecule has 5 heteroatoms. The molecule has 2 aromatic rings. The molecule has 1 amide bonds. The predicted octanol–water partition coefficient (Wildman–Crippen LogP) is 3.58. The summed E-state index contributed by atoms with van der Waals surface area (Å²) in [4.78, 5) is 14.6. The minimum absolute atomic E-state index is 0.108. The van der Waals surface area contributed by atoms with Crippen LogP contribution in [0.25, 0.3) is 0 Å². The van der Waals surface area contributed by atoms with Gasteiger partial charge in [0.2, 0.25) is 0 Å². The van der Waals surface area contributed by atoms with E-state index in [0.717, 1.165) is 13.1 Å². The summed E-state index contributed by atoms with van der Waals surface area (Å²) in [5.74, 6) is 0.0994. The van der Waals surface area contributed by atoms with Gasteiger partial charge >= 0.3 is 0 Å². The average molecular weight is 370 g/mol. The van der Waals surface area contributed by atoms with Gasteiger partial charge in [-0.25, -0.2) is 4.39 Å². The number of carbonyl (C=O) groups excluding carboxylic acids is 1. The minimum atomic E-state index is -0.298. The van der Waals surface area contributed by atoms with Crippen LogP contribution in [-0.2, 0) is 11.3 Å². The fourth-order valence-electron chi connectivity index (χ4n) is 3.50. The molecular formula is C22H27FN2O2. The topological polar surface area (TPSA) is 41.6 Å². The lowest BCUT2D eigenvalue weighted by atomic mass is 9.91. The lowest BCUT2D eigenvalue weighted by Crippen LogP contribution is -2.33. The number of nitrogens with one attached hydrogen (secondary N) is 1. The lowest BCUT2D eigenvalue weighted by Gasteiger charge is -2.25. The molecule has 1 heterocycles. The summed E-state index contributed by atoms with van der Waals surface area (Å²) in [5.41, 5.74) is 2.39. The molecule has 0 aliphatic carbocycles. The summed E-state index contributed by atoms with van der Waals surface area (Å²) in [6.45, 7) is 3.12. The molecule has 0 bridgehead atoms. The summed E-state index contributed by atoms with van der Waals surface area (Å²) >= 11 is 0. The Morgan fingerprint density at radius 2 is 2.00 bits per heavy atom. The molecule has 0 radical (unpaired) electrons. The quantitative estimate of drug-likeness (QED) is 0.810. The van der Waals surface area contributed by atoms with Crippen molar-refractivity contribution in [3.8, 4) is 0 Å². The van der Waals surface area contributed by atoms with E-state index < -0.39 is 0 Å². The van der Waals surface area contributed by atoms with E-state index in [0.29, 0.717) is 30.2 Å². The van der Waals surface area contributed by atoms with Gasteiger partial charge in [0.1, 0.15) is 5.82 Å². The number of benzene rings is 2. The number of hydrogen-bond acceptors (Lipinski definition) is 3. The molecule has 2 aromatic carbocycles. The Morgan fingerprint density at radius 3 is 2.67 bits per heavy atom. The molecule has 1 saturated heterocycles. The number of methoxy groups -OCH3 is 1. The van der Waals surface area contributed by atoms with Gasteiger partial charge in [0.25, 0.3) is 5.91 Å². The van der Waals surface area contributed by atoms with E-state index in [2.05, 4.69) is 5.32 Å². The van der Waals surface area contributed by atoms with Gasteiger partial charge in [0, 0.05) is 37.9 Å². The first-order valence-corrected chi connectivity index (χ1v) is 9.51. The van der Waals surface area contributed by atoms with Crippen LogP contribution in [0.2, 0.25) is 0 Å². The highest BCUT2D eigenvalue weighted by molar-refractivity contribution is 5.94. The first kappa shape index (κ1) is 19.5. The van der Waals surface area contributed by atoms with Gasteiger partial charge in [0.15, 0.2) is 0 Å². The molecule has 0 aromatic heterocycles. The Balaban J connectivity index is 1.73. The smallest absolute Gasteiger partial charge is 0.254 e. The van der Waals surface area contributed by atoms with Crippen LogP contribution in [0.1, 0.15) is 40.2 Å². The van der Waals surface area contributed by atoms with Crippen molar-refractivity contribution in [2.45, 2.75) is 25.3 Å². The van der Waals surface area contributed by atoms with Crippen LogP contribution < -0.4 is 5.32 Å². The molecule has 4 nitrogen and oxygen atoms in total. The number of rotatable bonds is 7. The lowest BCUT2D eigenvalue weighted by molar-refractivity contribution is 0.0678. The Bertz CT molecular complexity index is 742. The van der Waals surface area contributed by atoms with Crippen molar-refractivity contribution in [3.05, 3.63) is 71.0 Å². The van der Waals surface area contributed by atoms with E-state index in [1.165, 1.54) is 24.5 Å². The highest BCUT2D eigenvalue weighted by atomic mass is 19.1. The molecule has 0 spiro atoms. The van der Waals surface area contributed by atoms with Crippen molar-refractivity contribution in [3.63, 3.8) is 0 Å². The highest BCUT2D eigenvalue weighted by Crippen LogP contribution is 2.24. The summed E-state index contributed by atoms with van der Waals surface area (Å²) < 4.78 is 19.2. The first-order valence-electron chi connectivity index (χ1n) is 9.51. The van der Waals surface area contributed by atoms with Crippen LogP contribution in [0, 0.1) is 5.82 Å². The fraction of sp³-hybridized carbons (Fsp3) is 0.409. The number of halogens is 1. The van der Waals surface area contributed by atoms with E-state index in [1.807, 2.05) is 24.3 Å². The maximum atomic E-state index is 14.0. The Hall–Kier alpha value is -2.24. The molecule has 1 atom stereocenters. The molecule has 1 aliphatic heterocycles. The van der Waals surface area contributed by atoms with Crippen LogP contribution in [-0.4, -0.2) is 44.2 Å². The van der Waals surface area contributed by atoms with Gasteiger partial charge in [-0.2, -0.15) is 0 Å². The Labute approximate surface area is 160 Å². The molecular weight excluding hydrogens is 343 g/mol. The van der Waals surface area contributed by atoms with Crippen molar-refractivity contribution in [1.29, 1.82) is 0 Å². The van der Waals surface area contributed by atoms with E-state index in [9.17, 15) is 9.18 Å². The van der Waals surface area contributed by atoms with Crippen LogP contribution >= 0.6 is 0 Å². The molecule has 3 rings (SSSR count). The third-order valence-electron chi connectivity index (χ3n) is 5.10. The van der Waals surface area contributed by atoms with Crippen LogP contribution in [0.3, 0.4) is 0 Å². The Kier molecular flexibility index (Phi) is 6.96. The molecule has 144 valence electrons. The maximum Gasteiger partial charge on any atom is 0.254 e. The zero-order valence-electron chi connectivity index (χ0n) is 15.8. The second-order valence-corrected chi connectivity index (χ2v) is 6.98. The summed E-state index contributed by atoms with van der Waals surface area (Å²) in [7, 11) is 1.60. The van der Waals surface area contributed by atoms with Gasteiger partial charge in [-0.1, -0.05) is 30.3 Å². The number of carbonyl (C=O) groups is 1. The third kappa shape index (κ3) is 5.15. The number of ether oxygens (including phenoxy) is 1.